The van der Waals surface area contributed by atoms with Crippen molar-refractivity contribution >= 4 is 0 Å². The van der Waals surface area contributed by atoms with E-state index < -0.39 is 0 Å². The zero-order chi connectivity index (χ0) is 7.72. The Kier molecular flexibility index (Phi) is 2.28. The molecule has 1 aliphatic heterocycles. The number of hydrogen-bond acceptors (Lipinski definition) is 3. The summed E-state index contributed by atoms with van der Waals surface area (Å²) in [5, 5.41) is 9.41. The third-order valence-electron chi connectivity index (χ3n) is 2.00. The van der Waals surface area contributed by atoms with Gasteiger partial charge in [0.25, 0.3) is 0 Å². The fraction of sp³-hybridized carbons (Fsp3) is 0.857. The third kappa shape index (κ3) is 1.48. The van der Waals surface area contributed by atoms with E-state index in [1.807, 2.05) is 23.9 Å². The van der Waals surface area contributed by atoms with Crippen LogP contribution in [0.2, 0.25) is 0 Å². The minimum atomic E-state index is -0.229. The molecule has 2 atom stereocenters. The Labute approximate surface area is 62.2 Å². The molecule has 0 radical (unpaired) electrons. The Bertz CT molecular complexity index is 116. The van der Waals surface area contributed by atoms with E-state index in [9.17, 15) is 5.11 Å². The van der Waals surface area contributed by atoms with E-state index in [-0.39, 0.29) is 12.1 Å². The molecule has 0 bridgehead atoms. The number of aliphatic hydroxyl groups is 1. The molecule has 0 saturated carbocycles. The fourth-order valence-electron chi connectivity index (χ4n) is 1.35. The van der Waals surface area contributed by atoms with Gasteiger partial charge in [-0.25, -0.2) is 0 Å². The molecule has 0 spiro atoms. The number of aliphatic hydroxyl groups excluding tert-OH is 1. The lowest BCUT2D eigenvalue weighted by molar-refractivity contribution is 0.113. The molecule has 60 valence electrons. The Balaban J connectivity index is 2.46. The number of hydrogen-bond donors (Lipinski definition) is 1. The van der Waals surface area contributed by atoms with Gasteiger partial charge in [0, 0.05) is 6.04 Å². The lowest BCUT2D eigenvalue weighted by Crippen LogP contribution is -2.37. The van der Waals surface area contributed by atoms with Crippen LogP contribution in [0.15, 0.2) is 0 Å². The largest absolute Gasteiger partial charge is 0.456 e. The highest BCUT2D eigenvalue weighted by molar-refractivity contribution is 4.88. The molecule has 0 amide bonds. The Morgan fingerprint density at radius 1 is 1.50 bits per heavy atom. The number of likely N-dealkylation sites (tertiary alicyclic amines) is 1. The van der Waals surface area contributed by atoms with Crippen LogP contribution in [-0.2, 0) is 0 Å². The SMILES string of the molecule is [CH2-]N1C[C@H](O)[C@@H](N(C)C)C1. The maximum absolute atomic E-state index is 9.41. The minimum Gasteiger partial charge on any atom is -0.456 e. The van der Waals surface area contributed by atoms with Crippen molar-refractivity contribution in [2.24, 2.45) is 0 Å². The molecule has 1 rings (SSSR count). The van der Waals surface area contributed by atoms with Gasteiger partial charge in [0.05, 0.1) is 6.10 Å². The van der Waals surface area contributed by atoms with E-state index in [2.05, 4.69) is 7.05 Å². The van der Waals surface area contributed by atoms with E-state index in [0.717, 1.165) is 6.54 Å². The highest BCUT2D eigenvalue weighted by atomic mass is 16.3. The maximum Gasteiger partial charge on any atom is 0.0809 e. The van der Waals surface area contributed by atoms with Gasteiger partial charge in [-0.05, 0) is 27.2 Å². The van der Waals surface area contributed by atoms with Crippen LogP contribution in [0.1, 0.15) is 0 Å². The minimum absolute atomic E-state index is 0.229. The third-order valence-corrected chi connectivity index (χ3v) is 2.00. The van der Waals surface area contributed by atoms with Gasteiger partial charge in [0.15, 0.2) is 0 Å². The highest BCUT2D eigenvalue weighted by Gasteiger charge is 2.27. The Morgan fingerprint density at radius 2 is 2.10 bits per heavy atom. The summed E-state index contributed by atoms with van der Waals surface area (Å²) >= 11 is 0. The van der Waals surface area contributed by atoms with Crippen LogP contribution in [0, 0.1) is 7.05 Å². The number of β-amino-alcohol motifs (C(OH)–C–C–N with tert-alkyl or cyclic N) is 1. The maximum atomic E-state index is 9.41. The van der Waals surface area contributed by atoms with E-state index in [0.29, 0.717) is 6.54 Å². The standard InChI is InChI=1S/C7H15N2O/c1-8(2)6-4-9(3)5-7(6)10/h6-7,10H,3-5H2,1-2H3/q-1/t6-,7-/m0/s1. The average molecular weight is 143 g/mol. The summed E-state index contributed by atoms with van der Waals surface area (Å²) in [5.41, 5.74) is 0. The van der Waals surface area contributed by atoms with Gasteiger partial charge in [0.2, 0.25) is 0 Å². The summed E-state index contributed by atoms with van der Waals surface area (Å²) in [6.07, 6.45) is -0.229. The molecule has 0 aliphatic carbocycles. The van der Waals surface area contributed by atoms with Gasteiger partial charge in [-0.15, -0.1) is 0 Å². The molecule has 0 aromatic heterocycles. The van der Waals surface area contributed by atoms with Crippen molar-refractivity contribution in [3.8, 4) is 0 Å². The number of rotatable bonds is 1. The molecular formula is C7H15N2O-. The molecule has 0 unspecified atom stereocenters. The number of nitrogens with zero attached hydrogens (tertiary/aromatic N) is 2. The van der Waals surface area contributed by atoms with E-state index in [1.54, 1.807) is 0 Å². The summed E-state index contributed by atoms with van der Waals surface area (Å²) < 4.78 is 0. The normalized spacial score (nSPS) is 35.7. The van der Waals surface area contributed by atoms with Gasteiger partial charge in [-0.3, -0.25) is 7.05 Å². The van der Waals surface area contributed by atoms with Crippen molar-refractivity contribution in [1.29, 1.82) is 0 Å². The zero-order valence-corrected chi connectivity index (χ0v) is 6.62. The van der Waals surface area contributed by atoms with Gasteiger partial charge >= 0.3 is 0 Å². The van der Waals surface area contributed by atoms with Gasteiger partial charge in [-0.1, -0.05) is 0 Å². The summed E-state index contributed by atoms with van der Waals surface area (Å²) in [6.45, 7) is 1.57. The predicted octanol–water partition coefficient (Wildman–Crippen LogP) is -0.615. The van der Waals surface area contributed by atoms with Gasteiger partial charge in [0.1, 0.15) is 0 Å². The highest BCUT2D eigenvalue weighted by Crippen LogP contribution is 2.11. The van der Waals surface area contributed by atoms with Crippen LogP contribution < -0.4 is 0 Å². The second kappa shape index (κ2) is 2.86. The molecule has 1 aliphatic rings. The van der Waals surface area contributed by atoms with Crippen LogP contribution in [0.5, 0.6) is 0 Å². The lowest BCUT2D eigenvalue weighted by Gasteiger charge is -2.22. The quantitative estimate of drug-likeness (QED) is 0.496. The molecule has 3 heteroatoms. The molecule has 1 saturated heterocycles. The molecule has 3 nitrogen and oxygen atoms in total. The lowest BCUT2D eigenvalue weighted by atomic mass is 10.2. The van der Waals surface area contributed by atoms with Crippen molar-refractivity contribution in [2.45, 2.75) is 12.1 Å². The average Bonchev–Trinajstić information content (AvgIpc) is 2.10. The van der Waals surface area contributed by atoms with Crippen LogP contribution in [-0.4, -0.2) is 54.2 Å². The van der Waals surface area contributed by atoms with Crippen LogP contribution in [0.3, 0.4) is 0 Å². The first-order valence-corrected chi connectivity index (χ1v) is 3.51. The van der Waals surface area contributed by atoms with Crippen molar-refractivity contribution in [3.05, 3.63) is 7.05 Å². The van der Waals surface area contributed by atoms with Gasteiger partial charge < -0.3 is 14.9 Å². The second-order valence-electron chi connectivity index (χ2n) is 3.13. The van der Waals surface area contributed by atoms with Crippen LogP contribution >= 0.6 is 0 Å². The molecule has 0 aromatic rings. The number of likely N-dealkylation sites (N-methyl/N-ethyl adjacent to an activating group) is 1. The van der Waals surface area contributed by atoms with Crippen molar-refractivity contribution < 1.29 is 5.11 Å². The van der Waals surface area contributed by atoms with E-state index in [4.69, 9.17) is 0 Å². The first-order valence-electron chi connectivity index (χ1n) is 3.51. The second-order valence-corrected chi connectivity index (χ2v) is 3.13. The fourth-order valence-corrected chi connectivity index (χ4v) is 1.35. The van der Waals surface area contributed by atoms with E-state index >= 15 is 0 Å². The molecule has 0 aromatic carbocycles. The first-order chi connectivity index (χ1) is 4.61. The van der Waals surface area contributed by atoms with Gasteiger partial charge in [-0.2, -0.15) is 0 Å². The topological polar surface area (TPSA) is 26.7 Å². The molecule has 1 heterocycles. The molecule has 1 fully saturated rings. The summed E-state index contributed by atoms with van der Waals surface area (Å²) in [6, 6.07) is 0.262. The van der Waals surface area contributed by atoms with Crippen molar-refractivity contribution in [1.82, 2.24) is 9.80 Å². The van der Waals surface area contributed by atoms with Crippen LogP contribution in [0.25, 0.3) is 0 Å². The summed E-state index contributed by atoms with van der Waals surface area (Å²) in [5.74, 6) is 0. The molecule has 10 heavy (non-hydrogen) atoms. The zero-order valence-electron chi connectivity index (χ0n) is 6.62. The first kappa shape index (κ1) is 7.98. The smallest absolute Gasteiger partial charge is 0.0809 e. The predicted molar refractivity (Wildman–Crippen MR) is 40.4 cm³/mol. The summed E-state index contributed by atoms with van der Waals surface area (Å²) in [4.78, 5) is 3.94. The van der Waals surface area contributed by atoms with Crippen molar-refractivity contribution in [3.63, 3.8) is 0 Å². The Morgan fingerprint density at radius 3 is 2.30 bits per heavy atom. The molecular weight excluding hydrogens is 128 g/mol. The monoisotopic (exact) mass is 143 g/mol. The summed E-state index contributed by atoms with van der Waals surface area (Å²) in [7, 11) is 7.73. The van der Waals surface area contributed by atoms with E-state index in [1.165, 1.54) is 0 Å². The molecule has 1 N–H and O–H groups in total. The van der Waals surface area contributed by atoms with Crippen LogP contribution in [0.4, 0.5) is 0 Å². The Hall–Kier alpha value is -0.120. The van der Waals surface area contributed by atoms with Crippen molar-refractivity contribution in [2.75, 3.05) is 27.2 Å².